The van der Waals surface area contributed by atoms with Crippen LogP contribution in [0.1, 0.15) is 6.92 Å². The Labute approximate surface area is 64.6 Å². The number of nitrogens with zero attached hydrogens (tertiary/aromatic N) is 1. The van der Waals surface area contributed by atoms with Crippen LogP contribution in [0, 0.1) is 0 Å². The molecule has 11 heavy (non-hydrogen) atoms. The van der Waals surface area contributed by atoms with E-state index in [1.807, 2.05) is 6.92 Å². The highest BCUT2D eigenvalue weighted by molar-refractivity contribution is 6.03. The Morgan fingerprint density at radius 2 is 2.45 bits per heavy atom. The molecule has 0 radical (unpaired) electrons. The van der Waals surface area contributed by atoms with Gasteiger partial charge in [-0.1, -0.05) is 0 Å². The second-order valence-electron chi connectivity index (χ2n) is 2.40. The molecule has 2 unspecified atom stereocenters. The lowest BCUT2D eigenvalue weighted by molar-refractivity contribution is 0.106. The van der Waals surface area contributed by atoms with Crippen LogP contribution in [0.4, 0.5) is 4.79 Å². The Hall–Kier alpha value is -1.10. The molecule has 5 nitrogen and oxygen atoms in total. The van der Waals surface area contributed by atoms with Crippen molar-refractivity contribution < 1.29 is 9.53 Å². The first-order valence-electron chi connectivity index (χ1n) is 3.32. The predicted octanol–water partition coefficient (Wildman–Crippen LogP) is -0.530. The standard InChI is InChI=1S/C6H11N3O2/c1-3(11-2)4-5(7)9-6(10)8-4/h3-4H,1-2H3,(H3,7,8,9,10). The summed E-state index contributed by atoms with van der Waals surface area (Å²) in [5.41, 5.74) is 5.43. The number of hydrogen-bond donors (Lipinski definition) is 2. The van der Waals surface area contributed by atoms with Crippen molar-refractivity contribution in [1.82, 2.24) is 5.32 Å². The molecule has 0 fully saturated rings. The monoisotopic (exact) mass is 157 g/mol. The van der Waals surface area contributed by atoms with E-state index in [0.29, 0.717) is 5.84 Å². The van der Waals surface area contributed by atoms with Gasteiger partial charge in [-0.15, -0.1) is 0 Å². The van der Waals surface area contributed by atoms with Crippen LogP contribution in [0.2, 0.25) is 0 Å². The lowest BCUT2D eigenvalue weighted by atomic mass is 10.2. The Morgan fingerprint density at radius 3 is 2.82 bits per heavy atom. The first kappa shape index (κ1) is 8.00. The maximum atomic E-state index is 10.7. The highest BCUT2D eigenvalue weighted by Crippen LogP contribution is 2.03. The van der Waals surface area contributed by atoms with E-state index in [1.54, 1.807) is 7.11 Å². The number of nitrogens with two attached hydrogens (primary N) is 1. The van der Waals surface area contributed by atoms with E-state index < -0.39 is 6.03 Å². The number of amides is 2. The lowest BCUT2D eigenvalue weighted by Crippen LogP contribution is -2.45. The lowest BCUT2D eigenvalue weighted by Gasteiger charge is -2.16. The molecule has 1 heterocycles. The van der Waals surface area contributed by atoms with Gasteiger partial charge in [-0.25, -0.2) is 4.79 Å². The third-order valence-electron chi connectivity index (χ3n) is 1.67. The number of methoxy groups -OCH3 is 1. The molecule has 1 aliphatic rings. The summed E-state index contributed by atoms with van der Waals surface area (Å²) in [4.78, 5) is 14.2. The number of aliphatic imine (C=N–C) groups is 1. The van der Waals surface area contributed by atoms with Crippen molar-refractivity contribution in [2.24, 2.45) is 10.7 Å². The third-order valence-corrected chi connectivity index (χ3v) is 1.67. The minimum atomic E-state index is -0.392. The van der Waals surface area contributed by atoms with Gasteiger partial charge in [0.15, 0.2) is 0 Å². The van der Waals surface area contributed by atoms with Gasteiger partial charge < -0.3 is 15.8 Å². The van der Waals surface area contributed by atoms with Crippen molar-refractivity contribution in [3.05, 3.63) is 0 Å². The molecular formula is C6H11N3O2. The second kappa shape index (κ2) is 2.87. The van der Waals surface area contributed by atoms with Crippen LogP contribution in [-0.2, 0) is 4.74 Å². The zero-order chi connectivity index (χ0) is 8.43. The second-order valence-corrected chi connectivity index (χ2v) is 2.40. The Morgan fingerprint density at radius 1 is 1.82 bits per heavy atom. The Balaban J connectivity index is 2.63. The van der Waals surface area contributed by atoms with E-state index in [2.05, 4.69) is 10.3 Å². The number of carbonyl (C=O) groups excluding carboxylic acids is 1. The molecule has 1 aliphatic heterocycles. The van der Waals surface area contributed by atoms with Gasteiger partial charge in [-0.05, 0) is 6.92 Å². The average molecular weight is 157 g/mol. The van der Waals surface area contributed by atoms with Crippen molar-refractivity contribution in [2.45, 2.75) is 19.1 Å². The maximum absolute atomic E-state index is 10.7. The number of carbonyl (C=O) groups is 1. The molecule has 2 amide bonds. The van der Waals surface area contributed by atoms with Crippen LogP contribution in [0.5, 0.6) is 0 Å². The molecule has 5 heteroatoms. The van der Waals surface area contributed by atoms with Crippen molar-refractivity contribution >= 4 is 11.9 Å². The fourth-order valence-corrected chi connectivity index (χ4v) is 0.920. The van der Waals surface area contributed by atoms with E-state index in [4.69, 9.17) is 10.5 Å². The topological polar surface area (TPSA) is 76.7 Å². The molecule has 0 saturated heterocycles. The fourth-order valence-electron chi connectivity index (χ4n) is 0.920. The van der Waals surface area contributed by atoms with Gasteiger partial charge in [-0.2, -0.15) is 4.99 Å². The maximum Gasteiger partial charge on any atom is 0.343 e. The average Bonchev–Trinajstić information content (AvgIpc) is 2.28. The summed E-state index contributed by atoms with van der Waals surface area (Å²) in [7, 11) is 1.56. The van der Waals surface area contributed by atoms with Crippen LogP contribution in [-0.4, -0.2) is 31.1 Å². The molecule has 0 aromatic heterocycles. The molecule has 1 rings (SSSR count). The SMILES string of the molecule is COC(C)C1NC(=O)N=C1N. The van der Waals surface area contributed by atoms with Crippen molar-refractivity contribution in [3.63, 3.8) is 0 Å². The first-order valence-corrected chi connectivity index (χ1v) is 3.32. The summed E-state index contributed by atoms with van der Waals surface area (Å²) in [6, 6.07) is -0.663. The normalized spacial score (nSPS) is 26.2. The van der Waals surface area contributed by atoms with E-state index in [1.165, 1.54) is 0 Å². The third kappa shape index (κ3) is 1.48. The minimum Gasteiger partial charge on any atom is -0.385 e. The molecular weight excluding hydrogens is 146 g/mol. The molecule has 2 atom stereocenters. The highest BCUT2D eigenvalue weighted by atomic mass is 16.5. The highest BCUT2D eigenvalue weighted by Gasteiger charge is 2.28. The van der Waals surface area contributed by atoms with E-state index in [0.717, 1.165) is 0 Å². The summed E-state index contributed by atoms with van der Waals surface area (Å²) < 4.78 is 4.98. The molecule has 0 aromatic carbocycles. The number of ether oxygens (including phenoxy) is 1. The van der Waals surface area contributed by atoms with Crippen molar-refractivity contribution in [1.29, 1.82) is 0 Å². The molecule has 3 N–H and O–H groups in total. The van der Waals surface area contributed by atoms with Crippen molar-refractivity contribution in [2.75, 3.05) is 7.11 Å². The summed E-state index contributed by atoms with van der Waals surface area (Å²) in [5, 5.41) is 2.56. The van der Waals surface area contributed by atoms with Crippen molar-refractivity contribution in [3.8, 4) is 0 Å². The van der Waals surface area contributed by atoms with E-state index >= 15 is 0 Å². The van der Waals surface area contributed by atoms with Gasteiger partial charge in [-0.3, -0.25) is 0 Å². The van der Waals surface area contributed by atoms with E-state index in [9.17, 15) is 4.79 Å². The number of urea groups is 1. The summed E-state index contributed by atoms with van der Waals surface area (Å²) in [6.07, 6.45) is -0.134. The quantitative estimate of drug-likeness (QED) is 0.565. The molecule has 62 valence electrons. The van der Waals surface area contributed by atoms with Gasteiger partial charge in [0.1, 0.15) is 11.9 Å². The summed E-state index contributed by atoms with van der Waals surface area (Å²) in [5.74, 6) is 0.296. The largest absolute Gasteiger partial charge is 0.385 e. The number of rotatable bonds is 2. The van der Waals surface area contributed by atoms with E-state index in [-0.39, 0.29) is 12.1 Å². The molecule has 0 spiro atoms. The molecule has 0 saturated carbocycles. The Bertz CT molecular complexity index is 202. The number of amidine groups is 1. The smallest absolute Gasteiger partial charge is 0.343 e. The van der Waals surface area contributed by atoms with Gasteiger partial charge >= 0.3 is 6.03 Å². The van der Waals surface area contributed by atoms with Crippen LogP contribution in [0.15, 0.2) is 4.99 Å². The van der Waals surface area contributed by atoms with Gasteiger partial charge in [0.2, 0.25) is 0 Å². The van der Waals surface area contributed by atoms with Gasteiger partial charge in [0, 0.05) is 7.11 Å². The van der Waals surface area contributed by atoms with Crippen LogP contribution in [0.3, 0.4) is 0 Å². The number of nitrogens with one attached hydrogen (secondary N) is 1. The number of hydrogen-bond acceptors (Lipinski definition) is 3. The molecule has 0 bridgehead atoms. The molecule has 0 aliphatic carbocycles. The zero-order valence-electron chi connectivity index (χ0n) is 6.50. The zero-order valence-corrected chi connectivity index (χ0v) is 6.50. The minimum absolute atomic E-state index is 0.134. The molecule has 0 aromatic rings. The fraction of sp³-hybridized carbons (Fsp3) is 0.667. The van der Waals surface area contributed by atoms with Gasteiger partial charge in [0.25, 0.3) is 0 Å². The summed E-state index contributed by atoms with van der Waals surface area (Å²) in [6.45, 7) is 1.82. The van der Waals surface area contributed by atoms with Crippen LogP contribution < -0.4 is 11.1 Å². The van der Waals surface area contributed by atoms with Crippen LogP contribution >= 0.6 is 0 Å². The predicted molar refractivity (Wildman–Crippen MR) is 40.4 cm³/mol. The van der Waals surface area contributed by atoms with Gasteiger partial charge in [0.05, 0.1) is 6.10 Å². The summed E-state index contributed by atoms with van der Waals surface area (Å²) >= 11 is 0. The van der Waals surface area contributed by atoms with Crippen LogP contribution in [0.25, 0.3) is 0 Å². The first-order chi connectivity index (χ1) is 5.15. The Kier molecular flexibility index (Phi) is 2.09.